The predicted molar refractivity (Wildman–Crippen MR) is 80.7 cm³/mol. The van der Waals surface area contributed by atoms with Crippen molar-refractivity contribution in [3.05, 3.63) is 28.5 Å². The van der Waals surface area contributed by atoms with Crippen molar-refractivity contribution in [1.29, 1.82) is 0 Å². The number of benzene rings is 1. The van der Waals surface area contributed by atoms with Crippen molar-refractivity contribution in [3.63, 3.8) is 0 Å². The Morgan fingerprint density at radius 3 is 2.42 bits per heavy atom. The van der Waals surface area contributed by atoms with Crippen LogP contribution in [0.3, 0.4) is 0 Å². The van der Waals surface area contributed by atoms with E-state index in [-0.39, 0.29) is 21.7 Å². The van der Waals surface area contributed by atoms with Gasteiger partial charge in [0.1, 0.15) is 5.82 Å². The lowest BCUT2D eigenvalue weighted by molar-refractivity contribution is 0.186. The van der Waals surface area contributed by atoms with Gasteiger partial charge in [-0.05, 0) is 30.9 Å². The summed E-state index contributed by atoms with van der Waals surface area (Å²) < 4.78 is 14.7. The van der Waals surface area contributed by atoms with Gasteiger partial charge in [0.15, 0.2) is 0 Å². The van der Waals surface area contributed by atoms with E-state index in [9.17, 15) is 4.39 Å². The highest BCUT2D eigenvalue weighted by Gasteiger charge is 2.50. The number of halogens is 2. The summed E-state index contributed by atoms with van der Waals surface area (Å²) in [5.74, 6) is -0.230. The summed E-state index contributed by atoms with van der Waals surface area (Å²) in [5, 5.41) is 0.235. The molecule has 0 amide bonds. The van der Waals surface area contributed by atoms with E-state index in [1.165, 1.54) is 0 Å². The minimum atomic E-state index is -0.230. The largest absolute Gasteiger partial charge is 0.371 e. The van der Waals surface area contributed by atoms with Crippen LogP contribution in [0.25, 0.3) is 0 Å². The van der Waals surface area contributed by atoms with Gasteiger partial charge in [-0.15, -0.1) is 0 Å². The molecule has 0 N–H and O–H groups in total. The van der Waals surface area contributed by atoms with Crippen LogP contribution in [0.15, 0.2) is 12.1 Å². The normalized spacial score (nSPS) is 22.8. The molecule has 0 aliphatic carbocycles. The van der Waals surface area contributed by atoms with Crippen molar-refractivity contribution < 1.29 is 4.39 Å². The number of hydrogen-bond donors (Lipinski definition) is 0. The van der Waals surface area contributed by atoms with Crippen LogP contribution in [0.5, 0.6) is 0 Å². The fourth-order valence-corrected chi connectivity index (χ4v) is 3.62. The number of rotatable bonds is 2. The molecule has 0 radical (unpaired) electrons. The molecule has 1 atom stereocenters. The van der Waals surface area contributed by atoms with Crippen LogP contribution in [-0.2, 0) is 5.41 Å². The monoisotopic (exact) mass is 283 g/mol. The lowest BCUT2D eigenvalue weighted by Crippen LogP contribution is -2.44. The Bertz CT molecular complexity index is 492. The van der Waals surface area contributed by atoms with Crippen molar-refractivity contribution in [3.8, 4) is 0 Å². The minimum Gasteiger partial charge on any atom is -0.371 e. The standard InChI is InChI=1S/C16H23ClFN/c1-6-16(15(3,4)5)10-19(7-2)12-9-8-11(17)14(18)13(12)16/h8-9H,6-7,10H2,1-5H3. The van der Waals surface area contributed by atoms with Crippen LogP contribution >= 0.6 is 11.6 Å². The number of likely N-dealkylation sites (N-methyl/N-ethyl adjacent to an activating group) is 1. The van der Waals surface area contributed by atoms with Gasteiger partial charge >= 0.3 is 0 Å². The fourth-order valence-electron chi connectivity index (χ4n) is 3.46. The summed E-state index contributed by atoms with van der Waals surface area (Å²) in [6.07, 6.45) is 0.914. The molecule has 0 saturated heterocycles. The van der Waals surface area contributed by atoms with E-state index < -0.39 is 0 Å². The molecule has 19 heavy (non-hydrogen) atoms. The number of nitrogens with zero attached hydrogens (tertiary/aromatic N) is 1. The maximum absolute atomic E-state index is 14.7. The Labute approximate surface area is 120 Å². The molecule has 1 aromatic rings. The molecule has 1 aliphatic heterocycles. The van der Waals surface area contributed by atoms with E-state index >= 15 is 0 Å². The molecular weight excluding hydrogens is 261 g/mol. The summed E-state index contributed by atoms with van der Waals surface area (Å²) in [6.45, 7) is 12.6. The van der Waals surface area contributed by atoms with Gasteiger partial charge < -0.3 is 4.90 Å². The summed E-state index contributed by atoms with van der Waals surface area (Å²) in [5.41, 5.74) is 1.65. The lowest BCUT2D eigenvalue weighted by atomic mass is 9.62. The second kappa shape index (κ2) is 4.66. The average molecular weight is 284 g/mol. The highest BCUT2D eigenvalue weighted by molar-refractivity contribution is 6.31. The molecule has 106 valence electrons. The summed E-state index contributed by atoms with van der Waals surface area (Å²) in [7, 11) is 0. The maximum atomic E-state index is 14.7. The first kappa shape index (κ1) is 14.6. The van der Waals surface area contributed by atoms with Gasteiger partial charge in [0.2, 0.25) is 0 Å². The number of anilines is 1. The van der Waals surface area contributed by atoms with Crippen LogP contribution < -0.4 is 4.90 Å². The number of fused-ring (bicyclic) bond motifs is 1. The molecule has 1 aliphatic rings. The second-order valence-electron chi connectivity index (χ2n) is 6.46. The molecule has 0 bridgehead atoms. The zero-order chi connectivity index (χ0) is 14.4. The average Bonchev–Trinajstić information content (AvgIpc) is 2.69. The predicted octanol–water partition coefficient (Wildman–Crippen LogP) is 5.01. The third kappa shape index (κ3) is 1.96. The van der Waals surface area contributed by atoms with Gasteiger partial charge in [0.05, 0.1) is 5.02 Å². The smallest absolute Gasteiger partial charge is 0.147 e. The van der Waals surface area contributed by atoms with Crippen LogP contribution in [-0.4, -0.2) is 13.1 Å². The number of hydrogen-bond acceptors (Lipinski definition) is 1. The molecular formula is C16H23ClFN. The summed E-state index contributed by atoms with van der Waals surface area (Å²) in [4.78, 5) is 2.27. The van der Waals surface area contributed by atoms with Crippen LogP contribution in [0, 0.1) is 11.2 Å². The lowest BCUT2D eigenvalue weighted by Gasteiger charge is -2.42. The van der Waals surface area contributed by atoms with Gasteiger partial charge in [-0.2, -0.15) is 0 Å². The molecule has 0 saturated carbocycles. The van der Waals surface area contributed by atoms with Crippen molar-refractivity contribution in [2.45, 2.75) is 46.5 Å². The van der Waals surface area contributed by atoms with Crippen LogP contribution in [0.4, 0.5) is 10.1 Å². The zero-order valence-electron chi connectivity index (χ0n) is 12.5. The van der Waals surface area contributed by atoms with Crippen LogP contribution in [0.1, 0.15) is 46.6 Å². The molecule has 1 unspecified atom stereocenters. The van der Waals surface area contributed by atoms with Crippen molar-refractivity contribution in [2.75, 3.05) is 18.0 Å². The molecule has 0 aromatic heterocycles. The minimum absolute atomic E-state index is 0.00799. The first-order valence-electron chi connectivity index (χ1n) is 7.02. The van der Waals surface area contributed by atoms with Crippen molar-refractivity contribution in [1.82, 2.24) is 0 Å². The molecule has 1 heterocycles. The van der Waals surface area contributed by atoms with E-state index in [2.05, 4.69) is 39.5 Å². The first-order chi connectivity index (χ1) is 8.78. The summed E-state index contributed by atoms with van der Waals surface area (Å²) >= 11 is 6.02. The van der Waals surface area contributed by atoms with Crippen LogP contribution in [0.2, 0.25) is 5.02 Å². The molecule has 1 nitrogen and oxygen atoms in total. The van der Waals surface area contributed by atoms with Gasteiger partial charge in [-0.3, -0.25) is 0 Å². The Morgan fingerprint density at radius 2 is 1.95 bits per heavy atom. The third-order valence-corrected chi connectivity index (χ3v) is 5.07. The van der Waals surface area contributed by atoms with E-state index in [1.54, 1.807) is 6.07 Å². The van der Waals surface area contributed by atoms with E-state index in [0.29, 0.717) is 0 Å². The zero-order valence-corrected chi connectivity index (χ0v) is 13.2. The molecule has 2 rings (SSSR count). The van der Waals surface area contributed by atoms with E-state index in [0.717, 1.165) is 30.8 Å². The van der Waals surface area contributed by atoms with Gasteiger partial charge in [-0.25, -0.2) is 4.39 Å². The maximum Gasteiger partial charge on any atom is 0.147 e. The van der Waals surface area contributed by atoms with Gasteiger partial charge in [0.25, 0.3) is 0 Å². The highest BCUT2D eigenvalue weighted by atomic mass is 35.5. The highest BCUT2D eigenvalue weighted by Crippen LogP contribution is 2.54. The van der Waals surface area contributed by atoms with Gasteiger partial charge in [-0.1, -0.05) is 39.3 Å². The van der Waals surface area contributed by atoms with Gasteiger partial charge in [0, 0.05) is 29.8 Å². The first-order valence-corrected chi connectivity index (χ1v) is 7.39. The van der Waals surface area contributed by atoms with E-state index in [4.69, 9.17) is 11.6 Å². The Kier molecular flexibility index (Phi) is 3.59. The molecule has 0 fully saturated rings. The molecule has 0 spiro atoms. The Morgan fingerprint density at radius 1 is 1.32 bits per heavy atom. The quantitative estimate of drug-likeness (QED) is 0.737. The van der Waals surface area contributed by atoms with E-state index in [1.807, 2.05) is 6.07 Å². The Hall–Kier alpha value is -0.760. The van der Waals surface area contributed by atoms with Crippen molar-refractivity contribution in [2.24, 2.45) is 5.41 Å². The fraction of sp³-hybridized carbons (Fsp3) is 0.625. The Balaban J connectivity index is 2.74. The topological polar surface area (TPSA) is 3.24 Å². The summed E-state index contributed by atoms with van der Waals surface area (Å²) in [6, 6.07) is 3.64. The molecule has 3 heteroatoms. The SMILES string of the molecule is CCN1CC(CC)(C(C)(C)C)c2c1ccc(Cl)c2F. The third-order valence-electron chi connectivity index (χ3n) is 4.77. The van der Waals surface area contributed by atoms with Crippen molar-refractivity contribution >= 4 is 17.3 Å². The second-order valence-corrected chi connectivity index (χ2v) is 6.86. The molecule has 1 aromatic carbocycles.